The van der Waals surface area contributed by atoms with Crippen LogP contribution in [0.2, 0.25) is 10.0 Å². The molecule has 1 N–H and O–H groups in total. The number of nitrogens with one attached hydrogen (secondary N) is 1. The highest BCUT2D eigenvalue weighted by Crippen LogP contribution is 2.24. The first-order valence-corrected chi connectivity index (χ1v) is 7.10. The summed E-state index contributed by atoms with van der Waals surface area (Å²) in [5, 5.41) is 4.48. The fourth-order valence-corrected chi connectivity index (χ4v) is 2.45. The third-order valence-electron chi connectivity index (χ3n) is 2.95. The van der Waals surface area contributed by atoms with Crippen molar-refractivity contribution in [2.24, 2.45) is 0 Å². The molecule has 0 unspecified atom stereocenters. The van der Waals surface area contributed by atoms with Crippen molar-refractivity contribution in [2.45, 2.75) is 13.1 Å². The highest BCUT2D eigenvalue weighted by Gasteiger charge is 2.09. The van der Waals surface area contributed by atoms with Crippen molar-refractivity contribution in [2.75, 3.05) is 19.0 Å². The van der Waals surface area contributed by atoms with Gasteiger partial charge in [-0.2, -0.15) is 0 Å². The minimum absolute atomic E-state index is 0.661. The molecule has 2 aromatic rings. The van der Waals surface area contributed by atoms with Gasteiger partial charge in [-0.25, -0.2) is 4.98 Å². The lowest BCUT2D eigenvalue weighted by Crippen LogP contribution is -2.18. The zero-order valence-electron chi connectivity index (χ0n) is 11.5. The molecule has 3 nitrogen and oxygen atoms in total. The lowest BCUT2D eigenvalue weighted by molar-refractivity contribution is 0.810. The van der Waals surface area contributed by atoms with Crippen LogP contribution in [0, 0.1) is 0 Å². The molecule has 5 heteroatoms. The zero-order chi connectivity index (χ0) is 14.5. The van der Waals surface area contributed by atoms with Gasteiger partial charge in [-0.05, 0) is 36.4 Å². The highest BCUT2D eigenvalue weighted by atomic mass is 35.5. The molecule has 0 aliphatic carbocycles. The average molecular weight is 310 g/mol. The molecule has 0 saturated carbocycles. The van der Waals surface area contributed by atoms with E-state index in [-0.39, 0.29) is 0 Å². The van der Waals surface area contributed by atoms with E-state index in [9.17, 15) is 0 Å². The van der Waals surface area contributed by atoms with Crippen LogP contribution < -0.4 is 10.2 Å². The number of hydrogen-bond acceptors (Lipinski definition) is 3. The molecule has 1 heterocycles. The second-order valence-corrected chi connectivity index (χ2v) is 5.51. The lowest BCUT2D eigenvalue weighted by atomic mass is 10.2. The number of nitrogens with zero attached hydrogens (tertiary/aromatic N) is 2. The predicted molar refractivity (Wildman–Crippen MR) is 85.6 cm³/mol. The summed E-state index contributed by atoms with van der Waals surface area (Å²) in [5.74, 6) is 0.779. The summed E-state index contributed by atoms with van der Waals surface area (Å²) in [6, 6.07) is 9.72. The van der Waals surface area contributed by atoms with Gasteiger partial charge in [0, 0.05) is 31.4 Å². The summed E-state index contributed by atoms with van der Waals surface area (Å²) in [6.07, 6.45) is 1.84. The number of hydrogen-bond donors (Lipinski definition) is 1. The van der Waals surface area contributed by atoms with Crippen LogP contribution >= 0.6 is 23.2 Å². The Morgan fingerprint density at radius 3 is 2.45 bits per heavy atom. The first kappa shape index (κ1) is 15.1. The monoisotopic (exact) mass is 309 g/mol. The first-order valence-electron chi connectivity index (χ1n) is 6.34. The molecule has 0 aliphatic rings. The SMILES string of the molecule is CNCc1cnc(N(C)Cc2ccc(Cl)cc2)c(Cl)c1. The van der Waals surface area contributed by atoms with Crippen molar-refractivity contribution in [3.05, 3.63) is 57.7 Å². The van der Waals surface area contributed by atoms with E-state index in [0.29, 0.717) is 5.02 Å². The van der Waals surface area contributed by atoms with Gasteiger partial charge in [-0.3, -0.25) is 0 Å². The van der Waals surface area contributed by atoms with Crippen molar-refractivity contribution in [3.8, 4) is 0 Å². The van der Waals surface area contributed by atoms with Crippen molar-refractivity contribution >= 4 is 29.0 Å². The molecule has 106 valence electrons. The minimum Gasteiger partial charge on any atom is -0.354 e. The molecule has 1 aromatic carbocycles. The van der Waals surface area contributed by atoms with Crippen LogP contribution in [0.25, 0.3) is 0 Å². The summed E-state index contributed by atoms with van der Waals surface area (Å²) in [7, 11) is 3.87. The maximum absolute atomic E-state index is 6.30. The van der Waals surface area contributed by atoms with Gasteiger partial charge in [-0.15, -0.1) is 0 Å². The quantitative estimate of drug-likeness (QED) is 0.912. The second kappa shape index (κ2) is 6.93. The van der Waals surface area contributed by atoms with E-state index in [1.165, 1.54) is 0 Å². The summed E-state index contributed by atoms with van der Waals surface area (Å²) in [5.41, 5.74) is 2.23. The van der Waals surface area contributed by atoms with Crippen LogP contribution in [-0.2, 0) is 13.1 Å². The van der Waals surface area contributed by atoms with E-state index in [2.05, 4.69) is 10.3 Å². The molecule has 0 saturated heterocycles. The number of aromatic nitrogens is 1. The summed E-state index contributed by atoms with van der Waals surface area (Å²) >= 11 is 12.2. The highest BCUT2D eigenvalue weighted by molar-refractivity contribution is 6.33. The maximum atomic E-state index is 6.30. The van der Waals surface area contributed by atoms with Crippen LogP contribution in [-0.4, -0.2) is 19.1 Å². The fourth-order valence-electron chi connectivity index (χ4n) is 1.99. The second-order valence-electron chi connectivity index (χ2n) is 4.66. The van der Waals surface area contributed by atoms with Crippen LogP contribution in [0.5, 0.6) is 0 Å². The van der Waals surface area contributed by atoms with Gasteiger partial charge in [0.05, 0.1) is 5.02 Å². The van der Waals surface area contributed by atoms with Crippen molar-refractivity contribution in [1.29, 1.82) is 0 Å². The van der Waals surface area contributed by atoms with Gasteiger partial charge in [0.2, 0.25) is 0 Å². The Bertz CT molecular complexity index is 570. The van der Waals surface area contributed by atoms with Gasteiger partial charge in [0.25, 0.3) is 0 Å². The molecular formula is C15H17Cl2N3. The van der Waals surface area contributed by atoms with E-state index in [4.69, 9.17) is 23.2 Å². The van der Waals surface area contributed by atoms with E-state index in [1.54, 1.807) is 0 Å². The van der Waals surface area contributed by atoms with Gasteiger partial charge >= 0.3 is 0 Å². The topological polar surface area (TPSA) is 28.2 Å². The van der Waals surface area contributed by atoms with Gasteiger partial charge in [0.15, 0.2) is 0 Å². The largest absolute Gasteiger partial charge is 0.354 e. The molecule has 0 aliphatic heterocycles. The van der Waals surface area contributed by atoms with Crippen LogP contribution in [0.4, 0.5) is 5.82 Å². The van der Waals surface area contributed by atoms with Crippen LogP contribution in [0.3, 0.4) is 0 Å². The Kier molecular flexibility index (Phi) is 5.24. The van der Waals surface area contributed by atoms with E-state index in [0.717, 1.165) is 35.1 Å². The Hall–Kier alpha value is -1.29. The van der Waals surface area contributed by atoms with Crippen molar-refractivity contribution in [3.63, 3.8) is 0 Å². The standard InChI is InChI=1S/C15H17Cl2N3/c1-18-8-12-7-14(17)15(19-9-12)20(2)10-11-3-5-13(16)6-4-11/h3-7,9,18H,8,10H2,1-2H3. The maximum Gasteiger partial charge on any atom is 0.147 e. The summed E-state index contributed by atoms with van der Waals surface area (Å²) in [4.78, 5) is 6.46. The third kappa shape index (κ3) is 3.85. The van der Waals surface area contributed by atoms with Crippen LogP contribution in [0.15, 0.2) is 36.5 Å². The smallest absolute Gasteiger partial charge is 0.147 e. The first-order chi connectivity index (χ1) is 9.60. The molecule has 1 aromatic heterocycles. The number of anilines is 1. The van der Waals surface area contributed by atoms with Crippen molar-refractivity contribution in [1.82, 2.24) is 10.3 Å². The number of halogens is 2. The number of pyridine rings is 1. The molecule has 0 fully saturated rings. The lowest BCUT2D eigenvalue weighted by Gasteiger charge is -2.20. The Morgan fingerprint density at radius 1 is 1.15 bits per heavy atom. The normalized spacial score (nSPS) is 10.6. The molecule has 0 radical (unpaired) electrons. The van der Waals surface area contributed by atoms with E-state index < -0.39 is 0 Å². The molecular weight excluding hydrogens is 293 g/mol. The van der Waals surface area contributed by atoms with Crippen molar-refractivity contribution < 1.29 is 0 Å². The Labute approximate surface area is 129 Å². The number of benzene rings is 1. The summed E-state index contributed by atoms with van der Waals surface area (Å²) in [6.45, 7) is 1.49. The Morgan fingerprint density at radius 2 is 1.85 bits per heavy atom. The molecule has 0 amide bonds. The van der Waals surface area contributed by atoms with Crippen LogP contribution in [0.1, 0.15) is 11.1 Å². The average Bonchev–Trinajstić information content (AvgIpc) is 2.42. The molecule has 0 bridgehead atoms. The van der Waals surface area contributed by atoms with E-state index in [1.807, 2.05) is 55.5 Å². The Balaban J connectivity index is 2.12. The minimum atomic E-state index is 0.661. The summed E-state index contributed by atoms with van der Waals surface area (Å²) < 4.78 is 0. The molecule has 20 heavy (non-hydrogen) atoms. The predicted octanol–water partition coefficient (Wildman–Crippen LogP) is 3.74. The molecule has 0 spiro atoms. The fraction of sp³-hybridized carbons (Fsp3) is 0.267. The molecule has 0 atom stereocenters. The van der Waals surface area contributed by atoms with Gasteiger partial charge in [-0.1, -0.05) is 35.3 Å². The van der Waals surface area contributed by atoms with Gasteiger partial charge < -0.3 is 10.2 Å². The van der Waals surface area contributed by atoms with Gasteiger partial charge in [0.1, 0.15) is 5.82 Å². The zero-order valence-corrected chi connectivity index (χ0v) is 13.0. The number of rotatable bonds is 5. The molecule has 2 rings (SSSR count). The third-order valence-corrected chi connectivity index (χ3v) is 3.48. The van der Waals surface area contributed by atoms with E-state index >= 15 is 0 Å².